The van der Waals surface area contributed by atoms with E-state index in [4.69, 9.17) is 9.47 Å². The molecule has 7 heteroatoms. The molecule has 148 valence electrons. The van der Waals surface area contributed by atoms with Crippen LogP contribution in [0.2, 0.25) is 0 Å². The van der Waals surface area contributed by atoms with Crippen molar-refractivity contribution in [3.8, 4) is 5.75 Å². The Bertz CT molecular complexity index is 811. The summed E-state index contributed by atoms with van der Waals surface area (Å²) in [5, 5.41) is 9.65. The highest BCUT2D eigenvalue weighted by Gasteiger charge is 2.34. The maximum atomic E-state index is 12.4. The van der Waals surface area contributed by atoms with Crippen LogP contribution in [0.5, 0.6) is 5.75 Å². The second-order valence-corrected chi connectivity index (χ2v) is 6.66. The molecular formula is C21H24N2O5. The molecule has 3 rings (SSSR count). The number of piperazine rings is 1. The molecule has 1 saturated heterocycles. The summed E-state index contributed by atoms with van der Waals surface area (Å²) < 4.78 is 10.6. The Balaban J connectivity index is 1.60. The van der Waals surface area contributed by atoms with Crippen LogP contribution in [-0.4, -0.2) is 59.8 Å². The number of amides is 1. The van der Waals surface area contributed by atoms with E-state index in [1.165, 1.54) is 4.90 Å². The smallest absolute Gasteiger partial charge is 0.410 e. The SMILES string of the molecule is COc1cccc(CN2CCN(C(=O)OCc3ccccc3)C[C@@H]2C(=O)O)c1. The number of aliphatic carboxylic acids is 1. The van der Waals surface area contributed by atoms with Gasteiger partial charge in [-0.3, -0.25) is 9.69 Å². The van der Waals surface area contributed by atoms with E-state index in [2.05, 4.69) is 0 Å². The number of rotatable bonds is 6. The summed E-state index contributed by atoms with van der Waals surface area (Å²) in [4.78, 5) is 27.5. The van der Waals surface area contributed by atoms with Crippen molar-refractivity contribution in [2.75, 3.05) is 26.7 Å². The Hall–Kier alpha value is -3.06. The van der Waals surface area contributed by atoms with Crippen LogP contribution in [0.3, 0.4) is 0 Å². The van der Waals surface area contributed by atoms with E-state index in [0.717, 1.165) is 16.9 Å². The van der Waals surface area contributed by atoms with Crippen LogP contribution in [0, 0.1) is 0 Å². The number of benzene rings is 2. The second kappa shape index (κ2) is 9.23. The van der Waals surface area contributed by atoms with Gasteiger partial charge in [-0.1, -0.05) is 42.5 Å². The highest BCUT2D eigenvalue weighted by Crippen LogP contribution is 2.19. The molecule has 0 aliphatic carbocycles. The predicted octanol–water partition coefficient (Wildman–Crippen LogP) is 2.60. The normalized spacial score (nSPS) is 17.2. The van der Waals surface area contributed by atoms with Gasteiger partial charge in [0.25, 0.3) is 0 Å². The van der Waals surface area contributed by atoms with Gasteiger partial charge < -0.3 is 19.5 Å². The Kier molecular flexibility index (Phi) is 6.49. The minimum absolute atomic E-state index is 0.0902. The van der Waals surface area contributed by atoms with E-state index in [-0.39, 0.29) is 13.2 Å². The molecule has 2 aromatic rings. The second-order valence-electron chi connectivity index (χ2n) is 6.66. The van der Waals surface area contributed by atoms with Gasteiger partial charge in [-0.2, -0.15) is 0 Å². The lowest BCUT2D eigenvalue weighted by molar-refractivity contribution is -0.145. The minimum atomic E-state index is -0.955. The van der Waals surface area contributed by atoms with E-state index in [1.54, 1.807) is 7.11 Å². The van der Waals surface area contributed by atoms with Crippen molar-refractivity contribution in [2.45, 2.75) is 19.2 Å². The van der Waals surface area contributed by atoms with Crippen molar-refractivity contribution in [1.82, 2.24) is 9.80 Å². The molecule has 1 aliphatic heterocycles. The van der Waals surface area contributed by atoms with Gasteiger partial charge in [0.05, 0.1) is 13.7 Å². The molecule has 28 heavy (non-hydrogen) atoms. The van der Waals surface area contributed by atoms with Crippen molar-refractivity contribution in [2.24, 2.45) is 0 Å². The Morgan fingerprint density at radius 2 is 1.82 bits per heavy atom. The quantitative estimate of drug-likeness (QED) is 0.825. The average Bonchev–Trinajstić information content (AvgIpc) is 2.73. The van der Waals surface area contributed by atoms with Crippen molar-refractivity contribution in [1.29, 1.82) is 0 Å². The largest absolute Gasteiger partial charge is 0.497 e. The maximum absolute atomic E-state index is 12.4. The van der Waals surface area contributed by atoms with Crippen LogP contribution >= 0.6 is 0 Å². The lowest BCUT2D eigenvalue weighted by Gasteiger charge is -2.38. The summed E-state index contributed by atoms with van der Waals surface area (Å²) in [5.41, 5.74) is 1.85. The third-order valence-corrected chi connectivity index (χ3v) is 4.76. The average molecular weight is 384 g/mol. The van der Waals surface area contributed by atoms with E-state index >= 15 is 0 Å². The topological polar surface area (TPSA) is 79.3 Å². The number of carbonyl (C=O) groups is 2. The zero-order valence-electron chi connectivity index (χ0n) is 15.8. The summed E-state index contributed by atoms with van der Waals surface area (Å²) in [6.45, 7) is 1.60. The van der Waals surface area contributed by atoms with Gasteiger partial charge in [-0.15, -0.1) is 0 Å². The van der Waals surface area contributed by atoms with Gasteiger partial charge in [-0.25, -0.2) is 4.79 Å². The highest BCUT2D eigenvalue weighted by atomic mass is 16.6. The zero-order valence-corrected chi connectivity index (χ0v) is 15.8. The fourth-order valence-corrected chi connectivity index (χ4v) is 3.23. The van der Waals surface area contributed by atoms with Gasteiger partial charge in [0, 0.05) is 19.6 Å². The third-order valence-electron chi connectivity index (χ3n) is 4.76. The fourth-order valence-electron chi connectivity index (χ4n) is 3.23. The number of carboxylic acid groups (broad SMARTS) is 1. The molecule has 2 aromatic carbocycles. The molecule has 1 heterocycles. The van der Waals surface area contributed by atoms with E-state index in [9.17, 15) is 14.7 Å². The zero-order chi connectivity index (χ0) is 19.9. The molecule has 1 aliphatic rings. The first kappa shape index (κ1) is 19.7. The lowest BCUT2D eigenvalue weighted by atomic mass is 10.1. The summed E-state index contributed by atoms with van der Waals surface area (Å²) in [5.74, 6) is -0.226. The Morgan fingerprint density at radius 3 is 2.54 bits per heavy atom. The first-order chi connectivity index (χ1) is 13.6. The van der Waals surface area contributed by atoms with Gasteiger partial charge in [-0.05, 0) is 23.3 Å². The van der Waals surface area contributed by atoms with Gasteiger partial charge >= 0.3 is 12.1 Å². The summed E-state index contributed by atoms with van der Waals surface area (Å²) >= 11 is 0. The molecule has 1 fully saturated rings. The highest BCUT2D eigenvalue weighted by molar-refractivity contribution is 5.76. The van der Waals surface area contributed by atoms with Crippen LogP contribution < -0.4 is 4.74 Å². The van der Waals surface area contributed by atoms with Gasteiger partial charge in [0.1, 0.15) is 18.4 Å². The molecular weight excluding hydrogens is 360 g/mol. The maximum Gasteiger partial charge on any atom is 0.410 e. The first-order valence-corrected chi connectivity index (χ1v) is 9.12. The number of methoxy groups -OCH3 is 1. The molecule has 7 nitrogen and oxygen atoms in total. The van der Waals surface area contributed by atoms with Crippen LogP contribution in [0.25, 0.3) is 0 Å². The molecule has 0 saturated carbocycles. The van der Waals surface area contributed by atoms with Crippen molar-refractivity contribution in [3.05, 3.63) is 65.7 Å². The monoisotopic (exact) mass is 384 g/mol. The number of hydrogen-bond acceptors (Lipinski definition) is 5. The lowest BCUT2D eigenvalue weighted by Crippen LogP contribution is -2.57. The number of carboxylic acids is 1. The number of hydrogen-bond donors (Lipinski definition) is 1. The van der Waals surface area contributed by atoms with E-state index in [1.807, 2.05) is 59.5 Å². The first-order valence-electron chi connectivity index (χ1n) is 9.12. The molecule has 0 aromatic heterocycles. The Labute approximate surface area is 164 Å². The van der Waals surface area contributed by atoms with E-state index in [0.29, 0.717) is 19.6 Å². The summed E-state index contributed by atoms with van der Waals surface area (Å²) in [6.07, 6.45) is -0.490. The standard InChI is InChI=1S/C21H24N2O5/c1-27-18-9-5-8-17(12-18)13-22-10-11-23(14-19(22)20(24)25)21(26)28-15-16-6-3-2-4-7-16/h2-9,12,19H,10-11,13-15H2,1H3,(H,24,25)/t19-/m1/s1. The molecule has 0 bridgehead atoms. The molecule has 0 spiro atoms. The molecule has 0 radical (unpaired) electrons. The molecule has 1 N–H and O–H groups in total. The number of carbonyl (C=O) groups excluding carboxylic acids is 1. The van der Waals surface area contributed by atoms with Crippen LogP contribution in [0.1, 0.15) is 11.1 Å². The minimum Gasteiger partial charge on any atom is -0.497 e. The van der Waals surface area contributed by atoms with Crippen LogP contribution in [0.15, 0.2) is 54.6 Å². The van der Waals surface area contributed by atoms with Gasteiger partial charge in [0.15, 0.2) is 0 Å². The fraction of sp³-hybridized carbons (Fsp3) is 0.333. The van der Waals surface area contributed by atoms with E-state index < -0.39 is 18.1 Å². The van der Waals surface area contributed by atoms with Crippen LogP contribution in [-0.2, 0) is 22.7 Å². The Morgan fingerprint density at radius 1 is 1.07 bits per heavy atom. The van der Waals surface area contributed by atoms with Crippen molar-refractivity contribution < 1.29 is 24.2 Å². The third kappa shape index (κ3) is 5.01. The van der Waals surface area contributed by atoms with Gasteiger partial charge in [0.2, 0.25) is 0 Å². The summed E-state index contributed by atoms with van der Waals surface area (Å²) in [6, 6.07) is 16.1. The van der Waals surface area contributed by atoms with Crippen LogP contribution in [0.4, 0.5) is 4.79 Å². The molecule has 1 amide bonds. The molecule has 0 unspecified atom stereocenters. The van der Waals surface area contributed by atoms with Crippen molar-refractivity contribution in [3.63, 3.8) is 0 Å². The van der Waals surface area contributed by atoms with Crippen molar-refractivity contribution >= 4 is 12.1 Å². The predicted molar refractivity (Wildman–Crippen MR) is 103 cm³/mol. The summed E-state index contributed by atoms with van der Waals surface area (Å²) in [7, 11) is 1.60. The molecule has 1 atom stereocenters. The number of nitrogens with zero attached hydrogens (tertiary/aromatic N) is 2. The number of ether oxygens (including phenoxy) is 2.